The molecule has 8 heteroatoms. The number of ether oxygens (including phenoxy) is 1. The number of amides is 1. The van der Waals surface area contributed by atoms with Crippen molar-refractivity contribution in [2.75, 3.05) is 5.32 Å². The van der Waals surface area contributed by atoms with E-state index in [0.717, 1.165) is 5.69 Å². The monoisotopic (exact) mass is 369 g/mol. The maximum atomic E-state index is 12.3. The van der Waals surface area contributed by atoms with Crippen LogP contribution in [0.25, 0.3) is 0 Å². The molecule has 0 aliphatic heterocycles. The predicted octanol–water partition coefficient (Wildman–Crippen LogP) is 4.19. The molecule has 7 nitrogen and oxygen atoms in total. The second-order valence-electron chi connectivity index (χ2n) is 5.51. The minimum atomic E-state index is -0.473. The molecule has 0 atom stereocenters. The van der Waals surface area contributed by atoms with E-state index in [1.165, 1.54) is 17.4 Å². The van der Waals surface area contributed by atoms with E-state index in [2.05, 4.69) is 10.3 Å². The van der Waals surface area contributed by atoms with Crippen molar-refractivity contribution in [3.8, 4) is 5.75 Å². The number of rotatable bonds is 6. The summed E-state index contributed by atoms with van der Waals surface area (Å²) in [5, 5.41) is 15.6. The van der Waals surface area contributed by atoms with Crippen LogP contribution >= 0.6 is 11.3 Å². The molecule has 3 aromatic rings. The van der Waals surface area contributed by atoms with Crippen LogP contribution in [-0.4, -0.2) is 15.8 Å². The van der Waals surface area contributed by atoms with E-state index >= 15 is 0 Å². The van der Waals surface area contributed by atoms with Crippen molar-refractivity contribution in [1.29, 1.82) is 0 Å². The fourth-order valence-corrected chi connectivity index (χ4v) is 2.80. The summed E-state index contributed by atoms with van der Waals surface area (Å²) in [7, 11) is 0. The molecule has 0 saturated carbocycles. The van der Waals surface area contributed by atoms with E-state index in [9.17, 15) is 14.9 Å². The molecule has 0 saturated heterocycles. The number of nitro benzene ring substituents is 1. The molecule has 0 aliphatic carbocycles. The highest BCUT2D eigenvalue weighted by Crippen LogP contribution is 2.23. The fraction of sp³-hybridized carbons (Fsp3) is 0.111. The molecule has 0 fully saturated rings. The molecule has 1 amide bonds. The number of hydrogen-bond donors (Lipinski definition) is 1. The van der Waals surface area contributed by atoms with Gasteiger partial charge < -0.3 is 10.1 Å². The van der Waals surface area contributed by atoms with Crippen LogP contribution in [0.15, 0.2) is 53.4 Å². The molecule has 0 bridgehead atoms. The lowest BCUT2D eigenvalue weighted by molar-refractivity contribution is -0.385. The van der Waals surface area contributed by atoms with Gasteiger partial charge in [0.15, 0.2) is 0 Å². The first-order valence-corrected chi connectivity index (χ1v) is 8.63. The Morgan fingerprint density at radius 3 is 2.69 bits per heavy atom. The van der Waals surface area contributed by atoms with E-state index in [0.29, 0.717) is 29.2 Å². The summed E-state index contributed by atoms with van der Waals surface area (Å²) in [6.07, 6.45) is 0. The van der Waals surface area contributed by atoms with Crippen LogP contribution in [0.4, 0.5) is 11.4 Å². The zero-order chi connectivity index (χ0) is 18.5. The molecular formula is C18H15N3O4S. The first kappa shape index (κ1) is 17.6. The first-order valence-electron chi connectivity index (χ1n) is 7.69. The third kappa shape index (κ3) is 4.22. The van der Waals surface area contributed by atoms with Gasteiger partial charge in [-0.25, -0.2) is 4.98 Å². The van der Waals surface area contributed by atoms with Crippen molar-refractivity contribution in [2.45, 2.75) is 13.5 Å². The van der Waals surface area contributed by atoms with Crippen molar-refractivity contribution in [1.82, 2.24) is 4.98 Å². The second-order valence-corrected chi connectivity index (χ2v) is 6.22. The molecule has 1 N–H and O–H groups in total. The Labute approximate surface area is 153 Å². The minimum Gasteiger partial charge on any atom is -0.487 e. The number of benzene rings is 2. The third-order valence-electron chi connectivity index (χ3n) is 3.65. The number of nitrogens with one attached hydrogen (secondary N) is 1. The zero-order valence-corrected chi connectivity index (χ0v) is 14.7. The number of carbonyl (C=O) groups excluding carboxylic acids is 1. The normalized spacial score (nSPS) is 10.3. The lowest BCUT2D eigenvalue weighted by atomic mass is 10.1. The van der Waals surface area contributed by atoms with Gasteiger partial charge in [-0.1, -0.05) is 6.07 Å². The van der Waals surface area contributed by atoms with Crippen LogP contribution in [0.3, 0.4) is 0 Å². The fourth-order valence-electron chi connectivity index (χ4n) is 2.26. The number of thiazole rings is 1. The highest BCUT2D eigenvalue weighted by molar-refractivity contribution is 7.07. The summed E-state index contributed by atoms with van der Waals surface area (Å²) < 4.78 is 5.60. The Kier molecular flexibility index (Phi) is 5.23. The number of aromatic nitrogens is 1. The summed E-state index contributed by atoms with van der Waals surface area (Å²) in [5.41, 5.74) is 3.88. The smallest absolute Gasteiger partial charge is 0.274 e. The minimum absolute atomic E-state index is 0.0337. The maximum absolute atomic E-state index is 12.3. The molecule has 0 spiro atoms. The van der Waals surface area contributed by atoms with E-state index in [-0.39, 0.29) is 11.6 Å². The van der Waals surface area contributed by atoms with E-state index in [1.807, 2.05) is 5.38 Å². The molecular weight excluding hydrogens is 354 g/mol. The molecule has 132 valence electrons. The Morgan fingerprint density at radius 2 is 2.04 bits per heavy atom. The Hall–Kier alpha value is -3.26. The lowest BCUT2D eigenvalue weighted by Gasteiger charge is -2.08. The quantitative estimate of drug-likeness (QED) is 0.519. The summed E-state index contributed by atoms with van der Waals surface area (Å²) >= 11 is 1.50. The van der Waals surface area contributed by atoms with Gasteiger partial charge in [0.2, 0.25) is 0 Å². The standard InChI is InChI=1S/C18H15N3O4S/c1-12-2-5-14(8-17(12)21(23)24)20-18(22)13-3-6-16(7-4-13)25-9-15-10-26-11-19-15/h2-8,10-11H,9H2,1H3,(H,20,22). The molecule has 0 unspecified atom stereocenters. The van der Waals surface area contributed by atoms with Gasteiger partial charge in [-0.3, -0.25) is 14.9 Å². The van der Waals surface area contributed by atoms with Crippen LogP contribution < -0.4 is 10.1 Å². The summed E-state index contributed by atoms with van der Waals surface area (Å²) in [5.74, 6) is 0.273. The topological polar surface area (TPSA) is 94.4 Å². The van der Waals surface area contributed by atoms with E-state index < -0.39 is 4.92 Å². The lowest BCUT2D eigenvalue weighted by Crippen LogP contribution is -2.12. The van der Waals surface area contributed by atoms with Gasteiger partial charge in [0.25, 0.3) is 11.6 Å². The molecule has 0 radical (unpaired) electrons. The predicted molar refractivity (Wildman–Crippen MR) is 98.7 cm³/mol. The van der Waals surface area contributed by atoms with Gasteiger partial charge in [-0.2, -0.15) is 0 Å². The SMILES string of the molecule is Cc1ccc(NC(=O)c2ccc(OCc3cscn3)cc2)cc1[N+](=O)[O-]. The Morgan fingerprint density at radius 1 is 1.27 bits per heavy atom. The Bertz CT molecular complexity index is 924. The second kappa shape index (κ2) is 7.75. The van der Waals surface area contributed by atoms with Crippen molar-refractivity contribution >= 4 is 28.6 Å². The molecule has 26 heavy (non-hydrogen) atoms. The maximum Gasteiger partial charge on any atom is 0.274 e. The summed E-state index contributed by atoms with van der Waals surface area (Å²) in [6, 6.07) is 11.2. The molecule has 2 aromatic carbocycles. The van der Waals surface area contributed by atoms with E-state index in [4.69, 9.17) is 4.74 Å². The van der Waals surface area contributed by atoms with Gasteiger partial charge in [0.05, 0.1) is 16.1 Å². The van der Waals surface area contributed by atoms with Crippen LogP contribution in [0.2, 0.25) is 0 Å². The van der Waals surface area contributed by atoms with Crippen molar-refractivity contribution in [3.63, 3.8) is 0 Å². The number of nitrogens with zero attached hydrogens (tertiary/aromatic N) is 2. The largest absolute Gasteiger partial charge is 0.487 e. The average molecular weight is 369 g/mol. The van der Waals surface area contributed by atoms with Crippen molar-refractivity contribution in [2.24, 2.45) is 0 Å². The van der Waals surface area contributed by atoms with Gasteiger partial charge in [0.1, 0.15) is 12.4 Å². The van der Waals surface area contributed by atoms with Gasteiger partial charge >= 0.3 is 0 Å². The number of nitro groups is 1. The van der Waals surface area contributed by atoms with Crippen molar-refractivity contribution < 1.29 is 14.5 Å². The molecule has 0 aliphatic rings. The number of hydrogen-bond acceptors (Lipinski definition) is 6. The van der Waals surface area contributed by atoms with Crippen LogP contribution in [0, 0.1) is 17.0 Å². The van der Waals surface area contributed by atoms with Gasteiger partial charge in [0, 0.05) is 28.3 Å². The van der Waals surface area contributed by atoms with Crippen LogP contribution in [0.1, 0.15) is 21.6 Å². The first-order chi connectivity index (χ1) is 12.5. The van der Waals surface area contributed by atoms with Gasteiger partial charge in [-0.15, -0.1) is 11.3 Å². The third-order valence-corrected chi connectivity index (χ3v) is 4.29. The number of anilines is 1. The van der Waals surface area contributed by atoms with Crippen LogP contribution in [-0.2, 0) is 6.61 Å². The number of carbonyl (C=O) groups is 1. The Balaban J connectivity index is 1.64. The van der Waals surface area contributed by atoms with Crippen molar-refractivity contribution in [3.05, 3.63) is 80.3 Å². The number of aryl methyl sites for hydroxylation is 1. The summed E-state index contributed by atoms with van der Waals surface area (Å²) in [4.78, 5) is 27.0. The summed E-state index contributed by atoms with van der Waals surface area (Å²) in [6.45, 7) is 2.01. The highest BCUT2D eigenvalue weighted by atomic mass is 32.1. The zero-order valence-electron chi connectivity index (χ0n) is 13.8. The van der Waals surface area contributed by atoms with E-state index in [1.54, 1.807) is 48.8 Å². The average Bonchev–Trinajstić information content (AvgIpc) is 3.15. The highest BCUT2D eigenvalue weighted by Gasteiger charge is 2.13. The molecule has 1 heterocycles. The molecule has 3 rings (SSSR count). The van der Waals surface area contributed by atoms with Crippen LogP contribution in [0.5, 0.6) is 5.75 Å². The van der Waals surface area contributed by atoms with Gasteiger partial charge in [-0.05, 0) is 37.3 Å². The molecule has 1 aromatic heterocycles.